The molecule has 0 unspecified atom stereocenters. The first-order valence-corrected chi connectivity index (χ1v) is 8.71. The molecular weight excluding hydrogens is 272 g/mol. The van der Waals surface area contributed by atoms with E-state index in [-0.39, 0.29) is 0 Å². The van der Waals surface area contributed by atoms with Crippen LogP contribution in [0.4, 0.5) is 0 Å². The summed E-state index contributed by atoms with van der Waals surface area (Å²) in [5.74, 6) is 0.337. The Kier molecular flexibility index (Phi) is 4.82. The fourth-order valence-electron chi connectivity index (χ4n) is 3.85. The van der Waals surface area contributed by atoms with Gasteiger partial charge in [0.05, 0.1) is 0 Å². The average Bonchev–Trinajstić information content (AvgIpc) is 2.55. The average molecular weight is 300 g/mol. The molecule has 0 aliphatic carbocycles. The number of carbonyl (C=O) groups is 1. The van der Waals surface area contributed by atoms with Crippen molar-refractivity contribution in [2.45, 2.75) is 45.4 Å². The van der Waals surface area contributed by atoms with Gasteiger partial charge in [0.2, 0.25) is 5.91 Å². The van der Waals surface area contributed by atoms with Gasteiger partial charge in [0, 0.05) is 19.5 Å². The first-order chi connectivity index (χ1) is 10.7. The zero-order chi connectivity index (χ0) is 15.4. The number of rotatable bonds is 3. The van der Waals surface area contributed by atoms with Gasteiger partial charge in [-0.1, -0.05) is 29.8 Å². The zero-order valence-electron chi connectivity index (χ0n) is 13.7. The number of piperidine rings is 2. The lowest BCUT2D eigenvalue weighted by atomic mass is 9.71. The number of carbonyl (C=O) groups excluding carboxylic acids is 1. The summed E-state index contributed by atoms with van der Waals surface area (Å²) in [6.07, 6.45) is 6.50. The largest absolute Gasteiger partial charge is 0.343 e. The number of aryl methyl sites for hydroxylation is 2. The van der Waals surface area contributed by atoms with Crippen LogP contribution < -0.4 is 5.32 Å². The minimum Gasteiger partial charge on any atom is -0.343 e. The van der Waals surface area contributed by atoms with E-state index in [1.165, 1.54) is 36.8 Å². The lowest BCUT2D eigenvalue weighted by Crippen LogP contribution is -2.47. The van der Waals surface area contributed by atoms with E-state index in [0.29, 0.717) is 17.7 Å². The van der Waals surface area contributed by atoms with Crippen molar-refractivity contribution in [3.05, 3.63) is 35.4 Å². The fraction of sp³-hybridized carbons (Fsp3) is 0.632. The highest BCUT2D eigenvalue weighted by atomic mass is 16.2. The van der Waals surface area contributed by atoms with Crippen LogP contribution in [-0.2, 0) is 11.2 Å². The first-order valence-electron chi connectivity index (χ1n) is 8.71. The number of nitrogens with zero attached hydrogens (tertiary/aromatic N) is 1. The van der Waals surface area contributed by atoms with Crippen LogP contribution in [-0.4, -0.2) is 37.0 Å². The van der Waals surface area contributed by atoms with E-state index in [9.17, 15) is 4.79 Å². The molecule has 2 aliphatic rings. The van der Waals surface area contributed by atoms with E-state index in [4.69, 9.17) is 0 Å². The highest BCUT2D eigenvalue weighted by Gasteiger charge is 2.36. The van der Waals surface area contributed by atoms with E-state index in [1.54, 1.807) is 0 Å². The molecular formula is C19H28N2O. The summed E-state index contributed by atoms with van der Waals surface area (Å²) in [6.45, 7) is 6.33. The second-order valence-electron chi connectivity index (χ2n) is 7.12. The number of hydrogen-bond donors (Lipinski definition) is 1. The van der Waals surface area contributed by atoms with Gasteiger partial charge in [0.25, 0.3) is 0 Å². The molecule has 0 atom stereocenters. The maximum Gasteiger partial charge on any atom is 0.222 e. The lowest BCUT2D eigenvalue weighted by Gasteiger charge is -2.44. The smallest absolute Gasteiger partial charge is 0.222 e. The maximum atomic E-state index is 12.4. The van der Waals surface area contributed by atoms with Gasteiger partial charge in [-0.25, -0.2) is 0 Å². The number of benzene rings is 1. The predicted octanol–water partition coefficient (Wildman–Crippen LogP) is 2.92. The Bertz CT molecular complexity index is 493. The van der Waals surface area contributed by atoms with Crippen molar-refractivity contribution >= 4 is 5.91 Å². The Morgan fingerprint density at radius 3 is 2.36 bits per heavy atom. The third-order valence-electron chi connectivity index (χ3n) is 5.59. The molecule has 120 valence electrons. The standard InChI is InChI=1S/C19H28N2O/c1-16-2-4-17(5-3-16)6-7-18(22)21-14-10-19(11-15-21)8-12-20-13-9-19/h2-5,20H,6-15H2,1H3. The molecule has 2 aliphatic heterocycles. The maximum absolute atomic E-state index is 12.4. The minimum atomic E-state index is 0.337. The van der Waals surface area contributed by atoms with Crippen LogP contribution in [0.25, 0.3) is 0 Å². The number of hydrogen-bond acceptors (Lipinski definition) is 2. The highest BCUT2D eigenvalue weighted by Crippen LogP contribution is 2.39. The monoisotopic (exact) mass is 300 g/mol. The zero-order valence-corrected chi connectivity index (χ0v) is 13.7. The van der Waals surface area contributed by atoms with Crippen LogP contribution in [0.1, 0.15) is 43.2 Å². The summed E-state index contributed by atoms with van der Waals surface area (Å²) in [4.78, 5) is 14.5. The highest BCUT2D eigenvalue weighted by molar-refractivity contribution is 5.76. The summed E-state index contributed by atoms with van der Waals surface area (Å²) >= 11 is 0. The lowest BCUT2D eigenvalue weighted by molar-refractivity contribution is -0.133. The van der Waals surface area contributed by atoms with Gasteiger partial charge >= 0.3 is 0 Å². The van der Waals surface area contributed by atoms with E-state index >= 15 is 0 Å². The van der Waals surface area contributed by atoms with E-state index in [1.807, 2.05) is 0 Å². The van der Waals surface area contributed by atoms with Crippen LogP contribution in [0.5, 0.6) is 0 Å². The molecule has 1 spiro atoms. The number of amides is 1. The van der Waals surface area contributed by atoms with Crippen molar-refractivity contribution in [3.63, 3.8) is 0 Å². The summed E-state index contributed by atoms with van der Waals surface area (Å²) < 4.78 is 0. The van der Waals surface area contributed by atoms with Crippen molar-refractivity contribution in [1.29, 1.82) is 0 Å². The molecule has 1 N–H and O–H groups in total. The molecule has 1 amide bonds. The number of nitrogens with one attached hydrogen (secondary N) is 1. The number of likely N-dealkylation sites (tertiary alicyclic amines) is 1. The third kappa shape index (κ3) is 3.70. The Hall–Kier alpha value is -1.35. The summed E-state index contributed by atoms with van der Waals surface area (Å²) in [6, 6.07) is 8.54. The fourth-order valence-corrected chi connectivity index (χ4v) is 3.85. The van der Waals surface area contributed by atoms with E-state index in [0.717, 1.165) is 32.6 Å². The van der Waals surface area contributed by atoms with Crippen molar-refractivity contribution in [2.75, 3.05) is 26.2 Å². The molecule has 2 saturated heterocycles. The second-order valence-corrected chi connectivity index (χ2v) is 7.12. The van der Waals surface area contributed by atoms with Gasteiger partial charge in [-0.15, -0.1) is 0 Å². The van der Waals surface area contributed by atoms with Crippen LogP contribution >= 0.6 is 0 Å². The van der Waals surface area contributed by atoms with Crippen molar-refractivity contribution in [1.82, 2.24) is 10.2 Å². The molecule has 22 heavy (non-hydrogen) atoms. The second kappa shape index (κ2) is 6.82. The van der Waals surface area contributed by atoms with Crippen molar-refractivity contribution in [2.24, 2.45) is 5.41 Å². The summed E-state index contributed by atoms with van der Waals surface area (Å²) in [5, 5.41) is 3.45. The molecule has 0 bridgehead atoms. The molecule has 3 rings (SSSR count). The quantitative estimate of drug-likeness (QED) is 0.931. The van der Waals surface area contributed by atoms with Crippen molar-refractivity contribution in [3.8, 4) is 0 Å². The SMILES string of the molecule is Cc1ccc(CCC(=O)N2CCC3(CCNCC3)CC2)cc1. The summed E-state index contributed by atoms with van der Waals surface area (Å²) in [7, 11) is 0. The van der Waals surface area contributed by atoms with Crippen LogP contribution in [0, 0.1) is 12.3 Å². The Balaban J connectivity index is 1.46. The van der Waals surface area contributed by atoms with Crippen molar-refractivity contribution < 1.29 is 4.79 Å². The Labute approximate surface area is 134 Å². The first kappa shape index (κ1) is 15.5. The molecule has 2 heterocycles. The van der Waals surface area contributed by atoms with Gasteiger partial charge in [-0.3, -0.25) is 4.79 Å². The van der Waals surface area contributed by atoms with Gasteiger partial charge in [0.15, 0.2) is 0 Å². The minimum absolute atomic E-state index is 0.337. The molecule has 2 fully saturated rings. The molecule has 3 heteroatoms. The molecule has 0 aromatic heterocycles. The third-order valence-corrected chi connectivity index (χ3v) is 5.59. The van der Waals surface area contributed by atoms with Gasteiger partial charge in [-0.05, 0) is 63.1 Å². The van der Waals surface area contributed by atoms with Gasteiger partial charge in [0.1, 0.15) is 0 Å². The summed E-state index contributed by atoms with van der Waals surface area (Å²) in [5.41, 5.74) is 3.07. The normalized spacial score (nSPS) is 21.0. The molecule has 1 aromatic rings. The van der Waals surface area contributed by atoms with E-state index < -0.39 is 0 Å². The predicted molar refractivity (Wildman–Crippen MR) is 89.9 cm³/mol. The van der Waals surface area contributed by atoms with Gasteiger partial charge < -0.3 is 10.2 Å². The molecule has 0 saturated carbocycles. The van der Waals surface area contributed by atoms with E-state index in [2.05, 4.69) is 41.4 Å². The van der Waals surface area contributed by atoms with Crippen LogP contribution in [0.2, 0.25) is 0 Å². The van der Waals surface area contributed by atoms with Crippen LogP contribution in [0.15, 0.2) is 24.3 Å². The Morgan fingerprint density at radius 2 is 1.73 bits per heavy atom. The molecule has 1 aromatic carbocycles. The molecule has 0 radical (unpaired) electrons. The van der Waals surface area contributed by atoms with Gasteiger partial charge in [-0.2, -0.15) is 0 Å². The van der Waals surface area contributed by atoms with Crippen LogP contribution in [0.3, 0.4) is 0 Å². The topological polar surface area (TPSA) is 32.3 Å². The molecule has 3 nitrogen and oxygen atoms in total. The Morgan fingerprint density at radius 1 is 1.09 bits per heavy atom.